The number of hydrogen-bond donors (Lipinski definition) is 3. The van der Waals surface area contributed by atoms with E-state index in [2.05, 4.69) is 45.9 Å². The van der Waals surface area contributed by atoms with Crippen LogP contribution in [-0.2, 0) is 6.42 Å². The molecular weight excluding hydrogens is 334 g/mol. The summed E-state index contributed by atoms with van der Waals surface area (Å²) in [6.07, 6.45) is 7.23. The molecule has 2 aliphatic carbocycles. The minimum Gasteiger partial charge on any atom is -0.368 e. The van der Waals surface area contributed by atoms with Gasteiger partial charge in [-0.3, -0.25) is 0 Å². The van der Waals surface area contributed by atoms with Crippen LogP contribution < -0.4 is 16.4 Å². The molecule has 5 nitrogen and oxygen atoms in total. The van der Waals surface area contributed by atoms with E-state index < -0.39 is 0 Å². The molecule has 4 N–H and O–H groups in total. The Morgan fingerprint density at radius 1 is 1.00 bits per heavy atom. The molecule has 0 amide bonds. The lowest BCUT2D eigenvalue weighted by molar-refractivity contribution is 0.273. The molecule has 0 spiro atoms. The van der Waals surface area contributed by atoms with E-state index in [0.717, 1.165) is 36.8 Å². The molecule has 2 heterocycles. The van der Waals surface area contributed by atoms with Crippen LogP contribution in [0.25, 0.3) is 0 Å². The van der Waals surface area contributed by atoms with E-state index in [1.807, 2.05) is 0 Å². The van der Waals surface area contributed by atoms with Gasteiger partial charge in [0.2, 0.25) is 5.95 Å². The van der Waals surface area contributed by atoms with Crippen molar-refractivity contribution in [3.8, 4) is 0 Å². The molecule has 1 saturated heterocycles. The molecule has 3 aliphatic rings. The molecular formula is C22H29N5. The van der Waals surface area contributed by atoms with Crippen molar-refractivity contribution in [2.75, 3.05) is 24.1 Å². The van der Waals surface area contributed by atoms with Gasteiger partial charge in [-0.2, -0.15) is 4.98 Å². The highest BCUT2D eigenvalue weighted by atomic mass is 15.1. The van der Waals surface area contributed by atoms with Gasteiger partial charge in [-0.05, 0) is 56.0 Å². The summed E-state index contributed by atoms with van der Waals surface area (Å²) in [5.41, 5.74) is 9.92. The van der Waals surface area contributed by atoms with E-state index in [1.54, 1.807) is 0 Å². The Labute approximate surface area is 161 Å². The van der Waals surface area contributed by atoms with E-state index in [-0.39, 0.29) is 0 Å². The first-order chi connectivity index (χ1) is 13.3. The lowest BCUT2D eigenvalue weighted by atomic mass is 9.77. The molecule has 1 aliphatic heterocycles. The summed E-state index contributed by atoms with van der Waals surface area (Å²) in [6.45, 7) is 2.29. The minimum atomic E-state index is 0.327. The smallest absolute Gasteiger partial charge is 0.222 e. The SMILES string of the molecule is Nc1nc(N[C@H]2CCC[C@H]3CNC[C@H]32)c2c(n1)C(c1ccccc1)CCC2. The Morgan fingerprint density at radius 2 is 1.89 bits per heavy atom. The molecule has 1 aromatic carbocycles. The van der Waals surface area contributed by atoms with Crippen molar-refractivity contribution in [1.29, 1.82) is 0 Å². The number of nitrogens with zero attached hydrogens (tertiary/aromatic N) is 2. The van der Waals surface area contributed by atoms with Gasteiger partial charge in [0, 0.05) is 24.1 Å². The van der Waals surface area contributed by atoms with Gasteiger partial charge in [0.05, 0.1) is 5.69 Å². The van der Waals surface area contributed by atoms with Crippen molar-refractivity contribution in [2.24, 2.45) is 11.8 Å². The van der Waals surface area contributed by atoms with Gasteiger partial charge < -0.3 is 16.4 Å². The first kappa shape index (κ1) is 17.0. The molecule has 2 aromatic rings. The Hall–Kier alpha value is -2.14. The van der Waals surface area contributed by atoms with Crippen LogP contribution in [0.15, 0.2) is 30.3 Å². The number of rotatable bonds is 3. The molecule has 27 heavy (non-hydrogen) atoms. The van der Waals surface area contributed by atoms with E-state index >= 15 is 0 Å². The molecule has 0 bridgehead atoms. The highest BCUT2D eigenvalue weighted by molar-refractivity contribution is 5.54. The lowest BCUT2D eigenvalue weighted by Gasteiger charge is -2.35. The molecule has 1 unspecified atom stereocenters. The fraction of sp³-hybridized carbons (Fsp3) is 0.545. The Balaban J connectivity index is 1.48. The van der Waals surface area contributed by atoms with Crippen LogP contribution in [0.5, 0.6) is 0 Å². The Morgan fingerprint density at radius 3 is 2.78 bits per heavy atom. The molecule has 1 aromatic heterocycles. The van der Waals surface area contributed by atoms with E-state index in [4.69, 9.17) is 10.7 Å². The van der Waals surface area contributed by atoms with Crippen molar-refractivity contribution in [1.82, 2.24) is 15.3 Å². The summed E-state index contributed by atoms with van der Waals surface area (Å²) in [4.78, 5) is 9.36. The summed E-state index contributed by atoms with van der Waals surface area (Å²) in [7, 11) is 0. The highest BCUT2D eigenvalue weighted by Crippen LogP contribution is 2.40. The van der Waals surface area contributed by atoms with E-state index in [9.17, 15) is 0 Å². The average Bonchev–Trinajstić information content (AvgIpc) is 3.18. The third kappa shape index (κ3) is 3.18. The topological polar surface area (TPSA) is 75.9 Å². The number of nitrogens with two attached hydrogens (primary N) is 1. The average molecular weight is 364 g/mol. The maximum absolute atomic E-state index is 6.16. The Kier molecular flexibility index (Phi) is 4.48. The lowest BCUT2D eigenvalue weighted by Crippen LogP contribution is -2.38. The number of hydrogen-bond acceptors (Lipinski definition) is 5. The highest BCUT2D eigenvalue weighted by Gasteiger charge is 2.37. The van der Waals surface area contributed by atoms with Crippen molar-refractivity contribution >= 4 is 11.8 Å². The van der Waals surface area contributed by atoms with Crippen molar-refractivity contribution < 1.29 is 0 Å². The summed E-state index contributed by atoms with van der Waals surface area (Å²) in [5.74, 6) is 3.24. The minimum absolute atomic E-state index is 0.327. The predicted molar refractivity (Wildman–Crippen MR) is 109 cm³/mol. The number of anilines is 2. The Bertz CT molecular complexity index is 806. The standard InChI is InChI=1S/C22H29N5/c23-22-26-20-16(14-6-2-1-3-7-14)9-5-10-17(20)21(27-22)25-19-11-4-8-15-12-24-13-18(15)19/h1-3,6-7,15-16,18-19,24H,4-5,8-13H2,(H3,23,25,26,27)/t15-,16?,18+,19-/m0/s1. The molecule has 0 radical (unpaired) electrons. The first-order valence-electron chi connectivity index (χ1n) is 10.5. The third-order valence-electron chi connectivity index (χ3n) is 6.83. The summed E-state index contributed by atoms with van der Waals surface area (Å²) < 4.78 is 0. The predicted octanol–water partition coefficient (Wildman–Crippen LogP) is 3.33. The second-order valence-electron chi connectivity index (χ2n) is 8.41. The number of fused-ring (bicyclic) bond motifs is 2. The number of nitrogen functional groups attached to an aromatic ring is 1. The third-order valence-corrected chi connectivity index (χ3v) is 6.83. The molecule has 5 rings (SSSR count). The molecule has 5 heteroatoms. The fourth-order valence-corrected chi connectivity index (χ4v) is 5.51. The van der Waals surface area contributed by atoms with Crippen LogP contribution in [-0.4, -0.2) is 29.1 Å². The second-order valence-corrected chi connectivity index (χ2v) is 8.41. The van der Waals surface area contributed by atoms with Gasteiger partial charge in [0.25, 0.3) is 0 Å². The molecule has 1 saturated carbocycles. The second kappa shape index (κ2) is 7.12. The van der Waals surface area contributed by atoms with Gasteiger partial charge in [-0.1, -0.05) is 36.8 Å². The molecule has 142 valence electrons. The van der Waals surface area contributed by atoms with E-state index in [0.29, 0.717) is 23.8 Å². The largest absolute Gasteiger partial charge is 0.368 e. The normalized spacial score (nSPS) is 29.8. The fourth-order valence-electron chi connectivity index (χ4n) is 5.51. The first-order valence-corrected chi connectivity index (χ1v) is 10.5. The molecule has 4 atom stereocenters. The van der Waals surface area contributed by atoms with Crippen LogP contribution >= 0.6 is 0 Å². The van der Waals surface area contributed by atoms with Gasteiger partial charge in [-0.25, -0.2) is 4.98 Å². The number of aromatic nitrogens is 2. The van der Waals surface area contributed by atoms with E-state index in [1.165, 1.54) is 43.4 Å². The zero-order chi connectivity index (χ0) is 18.2. The van der Waals surface area contributed by atoms with Crippen LogP contribution in [0.4, 0.5) is 11.8 Å². The van der Waals surface area contributed by atoms with Crippen LogP contribution in [0.1, 0.15) is 54.8 Å². The summed E-state index contributed by atoms with van der Waals surface area (Å²) >= 11 is 0. The van der Waals surface area contributed by atoms with Crippen molar-refractivity contribution in [2.45, 2.75) is 50.5 Å². The number of nitrogens with one attached hydrogen (secondary N) is 2. The maximum Gasteiger partial charge on any atom is 0.222 e. The number of benzene rings is 1. The summed E-state index contributed by atoms with van der Waals surface area (Å²) in [5, 5.41) is 7.41. The van der Waals surface area contributed by atoms with Gasteiger partial charge in [0.1, 0.15) is 5.82 Å². The zero-order valence-electron chi connectivity index (χ0n) is 15.8. The quantitative estimate of drug-likeness (QED) is 0.780. The van der Waals surface area contributed by atoms with Gasteiger partial charge in [-0.15, -0.1) is 0 Å². The van der Waals surface area contributed by atoms with Crippen molar-refractivity contribution in [3.63, 3.8) is 0 Å². The van der Waals surface area contributed by atoms with Crippen LogP contribution in [0, 0.1) is 11.8 Å². The monoisotopic (exact) mass is 363 g/mol. The van der Waals surface area contributed by atoms with Gasteiger partial charge >= 0.3 is 0 Å². The summed E-state index contributed by atoms with van der Waals surface area (Å²) in [6, 6.07) is 11.2. The maximum atomic E-state index is 6.16. The zero-order valence-corrected chi connectivity index (χ0v) is 15.8. The van der Waals surface area contributed by atoms with Gasteiger partial charge in [0.15, 0.2) is 0 Å². The van der Waals surface area contributed by atoms with Crippen LogP contribution in [0.3, 0.4) is 0 Å². The van der Waals surface area contributed by atoms with Crippen LogP contribution in [0.2, 0.25) is 0 Å². The molecule has 2 fully saturated rings. The van der Waals surface area contributed by atoms with Crippen molar-refractivity contribution in [3.05, 3.63) is 47.2 Å².